The van der Waals surface area contributed by atoms with Crippen LogP contribution in [0.4, 0.5) is 5.69 Å². The summed E-state index contributed by atoms with van der Waals surface area (Å²) in [6, 6.07) is 16.8. The van der Waals surface area contributed by atoms with E-state index in [-0.39, 0.29) is 28.3 Å². The number of rotatable bonds is 9. The average Bonchev–Trinajstić information content (AvgIpc) is 2.88. The van der Waals surface area contributed by atoms with Gasteiger partial charge in [0.2, 0.25) is 15.9 Å². The summed E-state index contributed by atoms with van der Waals surface area (Å²) < 4.78 is 37.4. The van der Waals surface area contributed by atoms with Crippen LogP contribution in [0.25, 0.3) is 0 Å². The maximum Gasteiger partial charge on any atom is 0.337 e. The molecule has 3 rings (SSSR count). The number of carbonyl (C=O) groups is 3. The van der Waals surface area contributed by atoms with Crippen LogP contribution in [0, 0.1) is 6.92 Å². The first-order valence-corrected chi connectivity index (χ1v) is 12.8. The first-order chi connectivity index (χ1) is 17.5. The van der Waals surface area contributed by atoms with E-state index >= 15 is 0 Å². The third-order valence-corrected chi connectivity index (χ3v) is 7.37. The monoisotopic (exact) mass is 544 g/mol. The van der Waals surface area contributed by atoms with Crippen LogP contribution in [0.5, 0.6) is 0 Å². The van der Waals surface area contributed by atoms with Gasteiger partial charge in [-0.05, 0) is 55.0 Å². The molecule has 0 aliphatic rings. The first-order valence-electron chi connectivity index (χ1n) is 11.0. The van der Waals surface area contributed by atoms with Gasteiger partial charge in [0.05, 0.1) is 36.8 Å². The highest BCUT2D eigenvalue weighted by Crippen LogP contribution is 2.21. The van der Waals surface area contributed by atoms with Gasteiger partial charge in [-0.15, -0.1) is 0 Å². The van der Waals surface area contributed by atoms with E-state index < -0.39 is 34.4 Å². The second-order valence-electron chi connectivity index (χ2n) is 8.04. The summed E-state index contributed by atoms with van der Waals surface area (Å²) in [7, 11) is -1.72. The number of amides is 1. The van der Waals surface area contributed by atoms with Crippen molar-refractivity contribution in [3.63, 3.8) is 0 Å². The number of aryl methyl sites for hydroxylation is 1. The maximum atomic E-state index is 13.5. The van der Waals surface area contributed by atoms with Crippen LogP contribution in [0.1, 0.15) is 31.8 Å². The van der Waals surface area contributed by atoms with Crippen molar-refractivity contribution in [3.05, 3.63) is 94.0 Å². The summed E-state index contributed by atoms with van der Waals surface area (Å²) in [5, 5.41) is 3.04. The summed E-state index contributed by atoms with van der Waals surface area (Å²) >= 11 is 5.95. The van der Waals surface area contributed by atoms with Crippen LogP contribution < -0.4 is 5.32 Å². The highest BCUT2D eigenvalue weighted by Gasteiger charge is 2.27. The Bertz CT molecular complexity index is 1370. The number of benzene rings is 3. The minimum atomic E-state index is -4.07. The van der Waals surface area contributed by atoms with Gasteiger partial charge in [-0.1, -0.05) is 41.4 Å². The normalized spacial score (nSPS) is 11.2. The Hall–Kier alpha value is -3.73. The lowest BCUT2D eigenvalue weighted by Crippen LogP contribution is -2.37. The fourth-order valence-corrected chi connectivity index (χ4v) is 4.92. The largest absolute Gasteiger partial charge is 0.465 e. The zero-order chi connectivity index (χ0) is 27.2. The lowest BCUT2D eigenvalue weighted by Gasteiger charge is -2.22. The number of carbonyl (C=O) groups excluding carboxylic acids is 3. The van der Waals surface area contributed by atoms with E-state index in [9.17, 15) is 22.8 Å². The third-order valence-electron chi connectivity index (χ3n) is 5.31. The summed E-state index contributed by atoms with van der Waals surface area (Å²) in [5.74, 6) is -2.15. The molecule has 37 heavy (non-hydrogen) atoms. The molecule has 194 valence electrons. The van der Waals surface area contributed by atoms with Gasteiger partial charge in [0.1, 0.15) is 0 Å². The zero-order valence-electron chi connectivity index (χ0n) is 20.4. The maximum absolute atomic E-state index is 13.5. The van der Waals surface area contributed by atoms with Crippen molar-refractivity contribution in [1.82, 2.24) is 4.31 Å². The van der Waals surface area contributed by atoms with Crippen LogP contribution in [-0.2, 0) is 30.8 Å². The van der Waals surface area contributed by atoms with Gasteiger partial charge in [-0.3, -0.25) is 4.79 Å². The molecule has 0 aromatic heterocycles. The predicted molar refractivity (Wildman–Crippen MR) is 138 cm³/mol. The van der Waals surface area contributed by atoms with Gasteiger partial charge in [0, 0.05) is 17.3 Å². The van der Waals surface area contributed by atoms with Gasteiger partial charge >= 0.3 is 11.9 Å². The van der Waals surface area contributed by atoms with E-state index in [4.69, 9.17) is 21.1 Å². The summed E-state index contributed by atoms with van der Waals surface area (Å²) in [5.41, 5.74) is 1.60. The first kappa shape index (κ1) is 27.9. The molecule has 0 saturated heterocycles. The standard InChI is InChI=1S/C26H25ClN2O7S/c1-17-4-10-23(11-5-17)37(33,34)29(15-18-6-8-21(27)9-7-18)16-24(30)28-22-13-19(25(31)35-2)12-20(14-22)26(32)36-3/h4-14H,15-16H2,1-3H3,(H,28,30). The molecule has 0 atom stereocenters. The molecule has 3 aromatic rings. The molecule has 0 unspecified atom stereocenters. The van der Waals surface area contributed by atoms with Crippen molar-refractivity contribution < 1.29 is 32.3 Å². The number of halogens is 1. The number of esters is 2. The summed E-state index contributed by atoms with van der Waals surface area (Å²) in [6.45, 7) is 1.19. The Morgan fingerprint density at radius 1 is 0.865 bits per heavy atom. The Balaban J connectivity index is 1.92. The molecule has 0 spiro atoms. The van der Waals surface area contributed by atoms with E-state index in [1.54, 1.807) is 36.4 Å². The molecule has 3 aromatic carbocycles. The second kappa shape index (κ2) is 12.0. The molecule has 0 fully saturated rings. The van der Waals surface area contributed by atoms with Crippen LogP contribution in [-0.4, -0.2) is 51.3 Å². The van der Waals surface area contributed by atoms with Gasteiger partial charge in [-0.25, -0.2) is 18.0 Å². The van der Waals surface area contributed by atoms with Gasteiger partial charge in [0.25, 0.3) is 0 Å². The molecule has 0 bridgehead atoms. The molecule has 9 nitrogen and oxygen atoms in total. The average molecular weight is 545 g/mol. The molecule has 0 aliphatic carbocycles. The van der Waals surface area contributed by atoms with Gasteiger partial charge < -0.3 is 14.8 Å². The van der Waals surface area contributed by atoms with E-state index in [0.717, 1.165) is 9.87 Å². The van der Waals surface area contributed by atoms with Gasteiger partial charge in [0.15, 0.2) is 0 Å². The molecular weight excluding hydrogens is 520 g/mol. The smallest absolute Gasteiger partial charge is 0.337 e. The highest BCUT2D eigenvalue weighted by molar-refractivity contribution is 7.89. The van der Waals surface area contributed by atoms with E-state index in [0.29, 0.717) is 10.6 Å². The van der Waals surface area contributed by atoms with Crippen molar-refractivity contribution in [2.45, 2.75) is 18.4 Å². The number of anilines is 1. The third kappa shape index (κ3) is 7.16. The topological polar surface area (TPSA) is 119 Å². The Morgan fingerprint density at radius 2 is 1.41 bits per heavy atom. The summed E-state index contributed by atoms with van der Waals surface area (Å²) in [6.07, 6.45) is 0. The van der Waals surface area contributed by atoms with Crippen molar-refractivity contribution in [2.75, 3.05) is 26.1 Å². The van der Waals surface area contributed by atoms with Crippen molar-refractivity contribution in [3.8, 4) is 0 Å². The SMILES string of the molecule is COC(=O)c1cc(NC(=O)CN(Cc2ccc(Cl)cc2)S(=O)(=O)c2ccc(C)cc2)cc(C(=O)OC)c1. The van der Waals surface area contributed by atoms with E-state index in [1.807, 2.05) is 6.92 Å². The number of methoxy groups -OCH3 is 2. The van der Waals surface area contributed by atoms with Crippen LogP contribution in [0.3, 0.4) is 0 Å². The molecule has 1 N–H and O–H groups in total. The predicted octanol–water partition coefficient (Wildman–Crippen LogP) is 4.05. The fourth-order valence-electron chi connectivity index (χ4n) is 3.41. The molecule has 0 heterocycles. The Labute approximate surface area is 220 Å². The molecular formula is C26H25ClN2O7S. The molecule has 0 radical (unpaired) electrons. The van der Waals surface area contributed by atoms with Gasteiger partial charge in [-0.2, -0.15) is 4.31 Å². The minimum absolute atomic E-state index is 0.00555. The quantitative estimate of drug-likeness (QED) is 0.403. The number of hydrogen-bond acceptors (Lipinski definition) is 7. The second-order valence-corrected chi connectivity index (χ2v) is 10.4. The van der Waals surface area contributed by atoms with Crippen LogP contribution in [0.2, 0.25) is 5.02 Å². The number of nitrogens with zero attached hydrogens (tertiary/aromatic N) is 1. The Morgan fingerprint density at radius 3 is 1.92 bits per heavy atom. The van der Waals surface area contributed by atoms with E-state index in [1.165, 1.54) is 44.6 Å². The van der Waals surface area contributed by atoms with Crippen molar-refractivity contribution >= 4 is 45.2 Å². The lowest BCUT2D eigenvalue weighted by atomic mass is 10.1. The van der Waals surface area contributed by atoms with Crippen LogP contribution >= 0.6 is 11.6 Å². The lowest BCUT2D eigenvalue weighted by molar-refractivity contribution is -0.116. The number of sulfonamides is 1. The zero-order valence-corrected chi connectivity index (χ0v) is 21.9. The Kier molecular flexibility index (Phi) is 9.04. The molecule has 11 heteroatoms. The van der Waals surface area contributed by atoms with Crippen molar-refractivity contribution in [2.24, 2.45) is 0 Å². The minimum Gasteiger partial charge on any atom is -0.465 e. The molecule has 0 saturated carbocycles. The number of ether oxygens (including phenoxy) is 2. The fraction of sp³-hybridized carbons (Fsp3) is 0.192. The number of nitrogens with one attached hydrogen (secondary N) is 1. The summed E-state index contributed by atoms with van der Waals surface area (Å²) in [4.78, 5) is 37.2. The molecule has 0 aliphatic heterocycles. The number of hydrogen-bond donors (Lipinski definition) is 1. The van der Waals surface area contributed by atoms with E-state index in [2.05, 4.69) is 5.32 Å². The highest BCUT2D eigenvalue weighted by atomic mass is 35.5. The molecule has 1 amide bonds. The van der Waals surface area contributed by atoms with Crippen LogP contribution in [0.15, 0.2) is 71.6 Å². The van der Waals surface area contributed by atoms with Crippen molar-refractivity contribution in [1.29, 1.82) is 0 Å².